The summed E-state index contributed by atoms with van der Waals surface area (Å²) in [5.41, 5.74) is 1.97. The minimum absolute atomic E-state index is 0.165. The fraction of sp³-hybridized carbons (Fsp3) is 0.750. The Morgan fingerprint density at radius 3 is 2.73 bits per heavy atom. The van der Waals surface area contributed by atoms with E-state index < -0.39 is 0 Å². The molecule has 15 heavy (non-hydrogen) atoms. The van der Waals surface area contributed by atoms with Crippen molar-refractivity contribution in [1.29, 1.82) is 0 Å². The molecule has 0 aromatic rings. The van der Waals surface area contributed by atoms with Gasteiger partial charge >= 0.3 is 0 Å². The molecule has 86 valence electrons. The highest BCUT2D eigenvalue weighted by atomic mass is 16.4. The summed E-state index contributed by atoms with van der Waals surface area (Å²) >= 11 is 0. The third-order valence-corrected chi connectivity index (χ3v) is 3.22. The van der Waals surface area contributed by atoms with Crippen molar-refractivity contribution in [3.05, 3.63) is 11.6 Å². The molecule has 0 saturated heterocycles. The quantitative estimate of drug-likeness (QED) is 0.555. The van der Waals surface area contributed by atoms with Crippen LogP contribution >= 0.6 is 0 Å². The first-order valence-corrected chi connectivity index (χ1v) is 5.71. The summed E-state index contributed by atoms with van der Waals surface area (Å²) in [5.74, 6) is 0.535. The number of allylic oxidation sites excluding steroid dienone is 1. The first-order chi connectivity index (χ1) is 7.03. The molecule has 0 fully saturated rings. The Labute approximate surface area is 92.3 Å². The average Bonchev–Trinajstić information content (AvgIpc) is 2.18. The molecule has 3 nitrogen and oxygen atoms in total. The molecule has 0 amide bonds. The van der Waals surface area contributed by atoms with E-state index in [1.165, 1.54) is 5.57 Å². The zero-order chi connectivity index (χ0) is 11.5. The van der Waals surface area contributed by atoms with Gasteiger partial charge in [0.1, 0.15) is 0 Å². The maximum atomic E-state index is 9.06. The van der Waals surface area contributed by atoms with E-state index in [0.29, 0.717) is 5.92 Å². The second kappa shape index (κ2) is 4.79. The normalized spacial score (nSPS) is 29.7. The number of rotatable bonds is 3. The lowest BCUT2D eigenvalue weighted by atomic mass is 9.79. The summed E-state index contributed by atoms with van der Waals surface area (Å²) in [6.07, 6.45) is 4.13. The van der Waals surface area contributed by atoms with Crippen molar-refractivity contribution in [1.82, 2.24) is 5.32 Å². The second-order valence-electron chi connectivity index (χ2n) is 4.72. The highest BCUT2D eigenvalue weighted by Gasteiger charge is 2.32. The van der Waals surface area contributed by atoms with Crippen molar-refractivity contribution in [2.24, 2.45) is 11.1 Å². The lowest BCUT2D eigenvalue weighted by Crippen LogP contribution is -2.50. The van der Waals surface area contributed by atoms with E-state index in [4.69, 9.17) is 5.21 Å². The summed E-state index contributed by atoms with van der Waals surface area (Å²) < 4.78 is 0. The maximum Gasteiger partial charge on any atom is 0.0993 e. The highest BCUT2D eigenvalue weighted by molar-refractivity contribution is 6.03. The van der Waals surface area contributed by atoms with E-state index in [1.807, 2.05) is 6.08 Å². The minimum atomic E-state index is -0.165. The van der Waals surface area contributed by atoms with Gasteiger partial charge in [0.25, 0.3) is 0 Å². The zero-order valence-corrected chi connectivity index (χ0v) is 10.2. The van der Waals surface area contributed by atoms with Crippen molar-refractivity contribution < 1.29 is 5.21 Å². The first-order valence-electron chi connectivity index (χ1n) is 5.71. The third kappa shape index (κ3) is 2.59. The number of nitrogens with one attached hydrogen (secondary N) is 1. The van der Waals surface area contributed by atoms with E-state index in [-0.39, 0.29) is 5.54 Å². The summed E-state index contributed by atoms with van der Waals surface area (Å²) in [4.78, 5) is 0. The molecule has 1 aliphatic carbocycles. The van der Waals surface area contributed by atoms with Crippen molar-refractivity contribution in [3.63, 3.8) is 0 Å². The first kappa shape index (κ1) is 12.2. The van der Waals surface area contributed by atoms with Gasteiger partial charge in [0.2, 0.25) is 0 Å². The van der Waals surface area contributed by atoms with Gasteiger partial charge < -0.3 is 10.5 Å². The van der Waals surface area contributed by atoms with E-state index in [9.17, 15) is 0 Å². The van der Waals surface area contributed by atoms with Gasteiger partial charge in [-0.05, 0) is 38.3 Å². The van der Waals surface area contributed by atoms with E-state index >= 15 is 0 Å². The van der Waals surface area contributed by atoms with E-state index in [2.05, 4.69) is 38.2 Å². The SMILES string of the molecule is CCNC1(C)CCC(C(C)C)=C/C1=N/O. The Morgan fingerprint density at radius 2 is 2.27 bits per heavy atom. The molecule has 0 spiro atoms. The molecule has 1 unspecified atom stereocenters. The number of hydrogen-bond donors (Lipinski definition) is 2. The predicted molar refractivity (Wildman–Crippen MR) is 63.5 cm³/mol. The molecular weight excluding hydrogens is 188 g/mol. The summed E-state index contributed by atoms with van der Waals surface area (Å²) in [5, 5.41) is 15.9. The second-order valence-corrected chi connectivity index (χ2v) is 4.72. The van der Waals surface area contributed by atoms with Gasteiger partial charge in [-0.25, -0.2) is 0 Å². The van der Waals surface area contributed by atoms with Crippen LogP contribution in [0, 0.1) is 5.92 Å². The van der Waals surface area contributed by atoms with Crippen LogP contribution in [-0.2, 0) is 0 Å². The molecule has 1 aliphatic rings. The lowest BCUT2D eigenvalue weighted by molar-refractivity contribution is 0.307. The van der Waals surface area contributed by atoms with Gasteiger partial charge in [0.15, 0.2) is 0 Å². The smallest absolute Gasteiger partial charge is 0.0993 e. The molecular formula is C12H22N2O. The van der Waals surface area contributed by atoms with Gasteiger partial charge in [-0.1, -0.05) is 31.5 Å². The molecule has 2 N–H and O–H groups in total. The Balaban J connectivity index is 2.92. The van der Waals surface area contributed by atoms with Crippen LogP contribution in [-0.4, -0.2) is 23.0 Å². The fourth-order valence-electron chi connectivity index (χ4n) is 2.09. The largest absolute Gasteiger partial charge is 0.411 e. The molecule has 0 aliphatic heterocycles. The summed E-state index contributed by atoms with van der Waals surface area (Å²) in [7, 11) is 0. The molecule has 0 bridgehead atoms. The van der Waals surface area contributed by atoms with Crippen LogP contribution in [0.25, 0.3) is 0 Å². The molecule has 0 saturated carbocycles. The molecule has 0 heterocycles. The predicted octanol–water partition coefficient (Wildman–Crippen LogP) is 2.56. The van der Waals surface area contributed by atoms with Crippen LogP contribution < -0.4 is 5.32 Å². The number of oxime groups is 1. The Morgan fingerprint density at radius 1 is 1.60 bits per heavy atom. The summed E-state index contributed by atoms with van der Waals surface area (Å²) in [6.45, 7) is 9.41. The molecule has 0 aromatic heterocycles. The third-order valence-electron chi connectivity index (χ3n) is 3.22. The van der Waals surface area contributed by atoms with Crippen molar-refractivity contribution in [3.8, 4) is 0 Å². The van der Waals surface area contributed by atoms with Crippen LogP contribution in [0.3, 0.4) is 0 Å². The van der Waals surface area contributed by atoms with Crippen LogP contribution in [0.15, 0.2) is 16.8 Å². The monoisotopic (exact) mass is 210 g/mol. The fourth-order valence-corrected chi connectivity index (χ4v) is 2.09. The van der Waals surface area contributed by atoms with Crippen molar-refractivity contribution in [2.75, 3.05) is 6.54 Å². The maximum absolute atomic E-state index is 9.06. The van der Waals surface area contributed by atoms with Crippen LogP contribution in [0.4, 0.5) is 0 Å². The van der Waals surface area contributed by atoms with Gasteiger partial charge in [-0.3, -0.25) is 0 Å². The zero-order valence-electron chi connectivity index (χ0n) is 10.2. The molecule has 1 atom stereocenters. The standard InChI is InChI=1S/C12H22N2O/c1-5-13-12(4)7-6-10(9(2)3)8-11(12)14-15/h8-9,13,15H,5-7H2,1-4H3/b14-11-. The van der Waals surface area contributed by atoms with Crippen LogP contribution in [0.1, 0.15) is 40.5 Å². The Hall–Kier alpha value is -0.830. The van der Waals surface area contributed by atoms with Crippen LogP contribution in [0.5, 0.6) is 0 Å². The topological polar surface area (TPSA) is 44.6 Å². The van der Waals surface area contributed by atoms with Gasteiger partial charge in [-0.15, -0.1) is 0 Å². The van der Waals surface area contributed by atoms with Crippen molar-refractivity contribution in [2.45, 2.75) is 46.1 Å². The molecule has 0 aromatic carbocycles. The van der Waals surface area contributed by atoms with Crippen LogP contribution in [0.2, 0.25) is 0 Å². The Kier molecular flexibility index (Phi) is 3.91. The van der Waals surface area contributed by atoms with E-state index in [1.54, 1.807) is 0 Å². The number of hydrogen-bond acceptors (Lipinski definition) is 3. The minimum Gasteiger partial charge on any atom is -0.411 e. The van der Waals surface area contributed by atoms with E-state index in [0.717, 1.165) is 25.1 Å². The molecule has 3 heteroatoms. The highest BCUT2D eigenvalue weighted by Crippen LogP contribution is 2.29. The average molecular weight is 210 g/mol. The van der Waals surface area contributed by atoms with Crippen molar-refractivity contribution >= 4 is 5.71 Å². The Bertz CT molecular complexity index is 281. The summed E-state index contributed by atoms with van der Waals surface area (Å²) in [6, 6.07) is 0. The van der Waals surface area contributed by atoms with Gasteiger partial charge in [-0.2, -0.15) is 0 Å². The van der Waals surface area contributed by atoms with Gasteiger partial charge in [0, 0.05) is 0 Å². The molecule has 0 radical (unpaired) electrons. The van der Waals surface area contributed by atoms with Gasteiger partial charge in [0.05, 0.1) is 11.3 Å². The lowest BCUT2D eigenvalue weighted by Gasteiger charge is -2.35. The number of nitrogens with zero attached hydrogens (tertiary/aromatic N) is 1. The molecule has 1 rings (SSSR count).